The number of nitrogens with one attached hydrogen (secondary N) is 1. The molecular formula is C21H23N3O3S. The van der Waals surface area contributed by atoms with E-state index in [1.54, 1.807) is 25.3 Å². The van der Waals surface area contributed by atoms with Crippen LogP contribution in [0.2, 0.25) is 0 Å². The van der Waals surface area contributed by atoms with Gasteiger partial charge in [-0.1, -0.05) is 49.4 Å². The summed E-state index contributed by atoms with van der Waals surface area (Å²) < 4.78 is 6.96. The maximum Gasteiger partial charge on any atom is 0.266 e. The number of benzene rings is 2. The van der Waals surface area contributed by atoms with Crippen LogP contribution in [0, 0.1) is 0 Å². The van der Waals surface area contributed by atoms with Crippen LogP contribution in [0.1, 0.15) is 19.8 Å². The molecule has 6 nitrogen and oxygen atoms in total. The number of hydrogen-bond donors (Lipinski definition) is 1. The van der Waals surface area contributed by atoms with Crippen molar-refractivity contribution in [1.82, 2.24) is 14.9 Å². The van der Waals surface area contributed by atoms with E-state index in [-0.39, 0.29) is 17.2 Å². The van der Waals surface area contributed by atoms with Crippen LogP contribution in [0.4, 0.5) is 0 Å². The number of nitrogens with zero attached hydrogens (tertiary/aromatic N) is 2. The lowest BCUT2D eigenvalue weighted by Gasteiger charge is -2.15. The van der Waals surface area contributed by atoms with Gasteiger partial charge in [-0.05, 0) is 30.7 Å². The fraction of sp³-hybridized carbons (Fsp3) is 0.286. The second-order valence-electron chi connectivity index (χ2n) is 6.22. The summed E-state index contributed by atoms with van der Waals surface area (Å²) in [7, 11) is 1.56. The monoisotopic (exact) mass is 397 g/mol. The largest absolute Gasteiger partial charge is 0.495 e. The van der Waals surface area contributed by atoms with Gasteiger partial charge in [-0.2, -0.15) is 0 Å². The molecule has 1 heterocycles. The molecule has 0 radical (unpaired) electrons. The van der Waals surface area contributed by atoms with Crippen molar-refractivity contribution < 1.29 is 9.53 Å². The van der Waals surface area contributed by atoms with Crippen molar-refractivity contribution in [3.8, 4) is 11.4 Å². The molecule has 2 aromatic carbocycles. The fourth-order valence-corrected chi connectivity index (χ4v) is 3.66. The number of rotatable bonds is 8. The molecule has 28 heavy (non-hydrogen) atoms. The highest BCUT2D eigenvalue weighted by molar-refractivity contribution is 7.99. The van der Waals surface area contributed by atoms with Crippen LogP contribution < -0.4 is 15.6 Å². The van der Waals surface area contributed by atoms with Gasteiger partial charge in [0.25, 0.3) is 5.56 Å². The topological polar surface area (TPSA) is 73.2 Å². The normalized spacial score (nSPS) is 10.8. The van der Waals surface area contributed by atoms with Crippen LogP contribution >= 0.6 is 11.8 Å². The minimum atomic E-state index is -0.191. The van der Waals surface area contributed by atoms with Gasteiger partial charge < -0.3 is 10.1 Å². The van der Waals surface area contributed by atoms with Gasteiger partial charge in [0.15, 0.2) is 5.16 Å². The van der Waals surface area contributed by atoms with E-state index >= 15 is 0 Å². The SMILES string of the molecule is CCCCNC(=O)CSc1nc2ccccc2c(=O)n1-c1ccccc1OC. The molecule has 7 heteroatoms. The maximum absolute atomic E-state index is 13.2. The molecule has 0 unspecified atom stereocenters. The number of unbranched alkanes of at least 4 members (excludes halogenated alkanes) is 1. The third-order valence-electron chi connectivity index (χ3n) is 4.26. The van der Waals surface area contributed by atoms with Crippen LogP contribution in [-0.4, -0.2) is 34.9 Å². The molecule has 1 amide bonds. The first-order valence-corrected chi connectivity index (χ1v) is 10.2. The molecule has 0 aliphatic rings. The molecule has 3 aromatic rings. The van der Waals surface area contributed by atoms with Gasteiger partial charge in [0, 0.05) is 6.54 Å². The third kappa shape index (κ3) is 4.36. The second-order valence-corrected chi connectivity index (χ2v) is 7.16. The number of methoxy groups -OCH3 is 1. The van der Waals surface area contributed by atoms with Gasteiger partial charge in [-0.25, -0.2) is 4.98 Å². The summed E-state index contributed by atoms with van der Waals surface area (Å²) in [5.41, 5.74) is 1.01. The summed E-state index contributed by atoms with van der Waals surface area (Å²) in [6, 6.07) is 14.5. The van der Waals surface area contributed by atoms with Crippen molar-refractivity contribution in [3.63, 3.8) is 0 Å². The number of aromatic nitrogens is 2. The minimum Gasteiger partial charge on any atom is -0.495 e. The van der Waals surface area contributed by atoms with Gasteiger partial charge in [-0.15, -0.1) is 0 Å². The van der Waals surface area contributed by atoms with E-state index in [1.165, 1.54) is 16.3 Å². The Labute approximate surface area is 167 Å². The summed E-state index contributed by atoms with van der Waals surface area (Å²) in [5, 5.41) is 3.86. The third-order valence-corrected chi connectivity index (χ3v) is 5.19. The van der Waals surface area contributed by atoms with Gasteiger partial charge >= 0.3 is 0 Å². The first-order chi connectivity index (χ1) is 13.7. The number of ether oxygens (including phenoxy) is 1. The number of carbonyl (C=O) groups is 1. The zero-order chi connectivity index (χ0) is 19.9. The number of thioether (sulfide) groups is 1. The molecular weight excluding hydrogens is 374 g/mol. The standard InChI is InChI=1S/C21H23N3O3S/c1-3-4-13-22-19(25)14-28-21-23-16-10-6-5-9-15(16)20(26)24(21)17-11-7-8-12-18(17)27-2/h5-12H,3-4,13-14H2,1-2H3,(H,22,25). The zero-order valence-corrected chi connectivity index (χ0v) is 16.8. The van der Waals surface area contributed by atoms with E-state index in [4.69, 9.17) is 4.74 Å². The Kier molecular flexibility index (Phi) is 6.71. The molecule has 0 spiro atoms. The highest BCUT2D eigenvalue weighted by Crippen LogP contribution is 2.26. The highest BCUT2D eigenvalue weighted by Gasteiger charge is 2.17. The lowest BCUT2D eigenvalue weighted by Crippen LogP contribution is -2.27. The molecule has 0 bridgehead atoms. The molecule has 0 atom stereocenters. The van der Waals surface area contributed by atoms with E-state index in [0.717, 1.165) is 12.8 Å². The molecule has 1 aromatic heterocycles. The van der Waals surface area contributed by atoms with E-state index in [0.29, 0.717) is 34.0 Å². The quantitative estimate of drug-likeness (QED) is 0.358. The van der Waals surface area contributed by atoms with Crippen molar-refractivity contribution in [1.29, 1.82) is 0 Å². The summed E-state index contributed by atoms with van der Waals surface area (Å²) in [4.78, 5) is 30.0. The summed E-state index contributed by atoms with van der Waals surface area (Å²) >= 11 is 1.24. The number of amides is 1. The number of para-hydroxylation sites is 3. The summed E-state index contributed by atoms with van der Waals surface area (Å²) in [6.45, 7) is 2.73. The molecule has 0 aliphatic carbocycles. The zero-order valence-electron chi connectivity index (χ0n) is 16.0. The Balaban J connectivity index is 2.03. The molecule has 0 saturated heterocycles. The van der Waals surface area contributed by atoms with Crippen molar-refractivity contribution in [2.75, 3.05) is 19.4 Å². The van der Waals surface area contributed by atoms with E-state index < -0.39 is 0 Å². The number of carbonyl (C=O) groups excluding carboxylic acids is 1. The van der Waals surface area contributed by atoms with E-state index in [1.807, 2.05) is 30.3 Å². The van der Waals surface area contributed by atoms with E-state index in [2.05, 4.69) is 17.2 Å². The van der Waals surface area contributed by atoms with Crippen molar-refractivity contribution in [2.24, 2.45) is 0 Å². The smallest absolute Gasteiger partial charge is 0.266 e. The van der Waals surface area contributed by atoms with Crippen LogP contribution in [-0.2, 0) is 4.79 Å². The predicted molar refractivity (Wildman–Crippen MR) is 113 cm³/mol. The Hall–Kier alpha value is -2.80. The Bertz CT molecular complexity index is 1030. The Morgan fingerprint density at radius 2 is 1.93 bits per heavy atom. The second kappa shape index (κ2) is 9.41. The van der Waals surface area contributed by atoms with Crippen molar-refractivity contribution in [3.05, 3.63) is 58.9 Å². The molecule has 1 N–H and O–H groups in total. The summed E-state index contributed by atoms with van der Waals surface area (Å²) in [6.07, 6.45) is 1.96. The average molecular weight is 398 g/mol. The first kappa shape index (κ1) is 19.9. The Morgan fingerprint density at radius 1 is 1.18 bits per heavy atom. The average Bonchev–Trinajstić information content (AvgIpc) is 2.72. The Morgan fingerprint density at radius 3 is 2.71 bits per heavy atom. The van der Waals surface area contributed by atoms with Crippen LogP contribution in [0.3, 0.4) is 0 Å². The van der Waals surface area contributed by atoms with Crippen LogP contribution in [0.25, 0.3) is 16.6 Å². The van der Waals surface area contributed by atoms with Gasteiger partial charge in [0.1, 0.15) is 5.75 Å². The fourth-order valence-electron chi connectivity index (χ4n) is 2.82. The van der Waals surface area contributed by atoms with Crippen LogP contribution in [0.15, 0.2) is 58.5 Å². The maximum atomic E-state index is 13.2. The van der Waals surface area contributed by atoms with Crippen LogP contribution in [0.5, 0.6) is 5.75 Å². The lowest BCUT2D eigenvalue weighted by atomic mass is 10.2. The van der Waals surface area contributed by atoms with Crippen molar-refractivity contribution >= 4 is 28.6 Å². The summed E-state index contributed by atoms with van der Waals surface area (Å²) in [5.74, 6) is 0.673. The molecule has 0 saturated carbocycles. The van der Waals surface area contributed by atoms with Gasteiger partial charge in [-0.3, -0.25) is 14.2 Å². The molecule has 3 rings (SSSR count). The highest BCUT2D eigenvalue weighted by atomic mass is 32.2. The van der Waals surface area contributed by atoms with E-state index in [9.17, 15) is 9.59 Å². The van der Waals surface area contributed by atoms with Gasteiger partial charge in [0.05, 0.1) is 29.5 Å². The number of hydrogen-bond acceptors (Lipinski definition) is 5. The van der Waals surface area contributed by atoms with Crippen molar-refractivity contribution in [2.45, 2.75) is 24.9 Å². The molecule has 146 valence electrons. The molecule has 0 fully saturated rings. The minimum absolute atomic E-state index is 0.0764. The molecule has 0 aliphatic heterocycles. The first-order valence-electron chi connectivity index (χ1n) is 9.20. The number of fused-ring (bicyclic) bond motifs is 1. The predicted octanol–water partition coefficient (Wildman–Crippen LogP) is 3.40. The van der Waals surface area contributed by atoms with Gasteiger partial charge in [0.2, 0.25) is 5.91 Å². The lowest BCUT2D eigenvalue weighted by molar-refractivity contribution is -0.118.